The Bertz CT molecular complexity index is 1110. The number of carbonyl (C=O) groups is 1. The molecule has 0 N–H and O–H groups in total. The van der Waals surface area contributed by atoms with Gasteiger partial charge in [-0.25, -0.2) is 8.42 Å². The minimum atomic E-state index is -4.58. The van der Waals surface area contributed by atoms with Gasteiger partial charge in [-0.3, -0.25) is 9.10 Å². The molecule has 0 aliphatic rings. The van der Waals surface area contributed by atoms with E-state index in [9.17, 15) is 26.4 Å². The molecule has 3 aromatic rings. The average molecular weight is 489 g/mol. The van der Waals surface area contributed by atoms with E-state index in [1.807, 2.05) is 0 Å². The number of rotatable bonds is 9. The highest BCUT2D eigenvalue weighted by Gasteiger charge is 2.33. The van der Waals surface area contributed by atoms with Crippen LogP contribution in [0.3, 0.4) is 0 Å². The molecule has 3 rings (SSSR count). The van der Waals surface area contributed by atoms with Crippen LogP contribution >= 0.6 is 11.3 Å². The predicted octanol–water partition coefficient (Wildman–Crippen LogP) is 4.14. The number of anilines is 1. The molecule has 172 valence electrons. The number of thiophene rings is 1. The molecule has 0 atom stereocenters. The number of nitrogens with zero attached hydrogens (tertiary/aromatic N) is 2. The van der Waals surface area contributed by atoms with E-state index < -0.39 is 35.3 Å². The quantitative estimate of drug-likeness (QED) is 0.452. The number of carbonyl (C=O) groups excluding carboxylic acids is 1. The van der Waals surface area contributed by atoms with Gasteiger partial charge in [-0.2, -0.15) is 13.2 Å². The molecule has 12 heteroatoms. The Labute approximate surface area is 186 Å². The third-order valence-corrected chi connectivity index (χ3v) is 7.48. The third-order valence-electron chi connectivity index (χ3n) is 4.32. The zero-order valence-corrected chi connectivity index (χ0v) is 18.4. The lowest BCUT2D eigenvalue weighted by Crippen LogP contribution is -2.40. The molecule has 0 radical (unpaired) electrons. The van der Waals surface area contributed by atoms with Gasteiger partial charge in [-0.15, -0.1) is 11.3 Å². The van der Waals surface area contributed by atoms with Crippen molar-refractivity contribution in [1.82, 2.24) is 4.90 Å². The summed E-state index contributed by atoms with van der Waals surface area (Å²) in [5.41, 5.74) is 0.355. The summed E-state index contributed by atoms with van der Waals surface area (Å²) in [7, 11) is -2.31. The van der Waals surface area contributed by atoms with Gasteiger partial charge < -0.3 is 14.1 Å². The van der Waals surface area contributed by atoms with Crippen molar-refractivity contribution in [2.24, 2.45) is 0 Å². The van der Waals surface area contributed by atoms with Gasteiger partial charge in [0, 0.05) is 7.05 Å². The van der Waals surface area contributed by atoms with Crippen molar-refractivity contribution in [2.75, 3.05) is 24.5 Å². The molecule has 0 fully saturated rings. The van der Waals surface area contributed by atoms with Crippen LogP contribution in [0.25, 0.3) is 0 Å². The minimum Gasteiger partial charge on any atom is -0.484 e. The van der Waals surface area contributed by atoms with Crippen LogP contribution in [0.15, 0.2) is 68.8 Å². The highest BCUT2D eigenvalue weighted by atomic mass is 32.2. The van der Waals surface area contributed by atoms with E-state index in [1.165, 1.54) is 55.8 Å². The summed E-state index contributed by atoms with van der Waals surface area (Å²) < 4.78 is 75.3. The van der Waals surface area contributed by atoms with Crippen molar-refractivity contribution in [1.29, 1.82) is 0 Å². The molecular formula is C20H19F3N2O5S2. The van der Waals surface area contributed by atoms with E-state index in [1.54, 1.807) is 11.4 Å². The summed E-state index contributed by atoms with van der Waals surface area (Å²) >= 11 is 1.09. The molecule has 32 heavy (non-hydrogen) atoms. The monoisotopic (exact) mass is 488 g/mol. The maximum atomic E-state index is 12.9. The molecule has 0 unspecified atom stereocenters. The Morgan fingerprint density at radius 3 is 2.41 bits per heavy atom. The summed E-state index contributed by atoms with van der Waals surface area (Å²) in [6.07, 6.45) is -3.28. The standard InChI is InChI=1S/C20H19F3N2O5S2/c1-24(32(27,28)19-5-3-11-31-19)15-6-8-16(9-7-15)30-13-18(26)25(14-20(21,22)23)12-17-4-2-10-29-17/h2-11H,12-14H2,1H3. The van der Waals surface area contributed by atoms with Gasteiger partial charge in [0.15, 0.2) is 6.61 Å². The zero-order valence-electron chi connectivity index (χ0n) is 16.8. The lowest BCUT2D eigenvalue weighted by Gasteiger charge is -2.23. The molecule has 0 aliphatic carbocycles. The molecular weight excluding hydrogens is 469 g/mol. The van der Waals surface area contributed by atoms with Gasteiger partial charge in [0.05, 0.1) is 18.5 Å². The summed E-state index contributed by atoms with van der Waals surface area (Å²) in [5, 5.41) is 1.66. The second-order valence-electron chi connectivity index (χ2n) is 6.63. The fourth-order valence-corrected chi connectivity index (χ4v) is 5.07. The van der Waals surface area contributed by atoms with Crippen LogP contribution < -0.4 is 9.04 Å². The molecule has 2 aromatic heterocycles. The molecule has 0 aliphatic heterocycles. The number of amides is 1. The van der Waals surface area contributed by atoms with Gasteiger partial charge in [0.2, 0.25) is 0 Å². The number of alkyl halides is 3. The van der Waals surface area contributed by atoms with Crippen LogP contribution in [-0.2, 0) is 21.4 Å². The SMILES string of the molecule is CN(c1ccc(OCC(=O)N(Cc2ccco2)CC(F)(F)F)cc1)S(=O)(=O)c1cccs1. The minimum absolute atomic E-state index is 0.187. The number of hydrogen-bond acceptors (Lipinski definition) is 6. The largest absolute Gasteiger partial charge is 0.484 e. The van der Waals surface area contributed by atoms with Crippen LogP contribution in [0.5, 0.6) is 5.75 Å². The predicted molar refractivity (Wildman–Crippen MR) is 112 cm³/mol. The molecule has 0 bridgehead atoms. The van der Waals surface area contributed by atoms with E-state index >= 15 is 0 Å². The number of halogens is 3. The van der Waals surface area contributed by atoms with Crippen LogP contribution in [-0.4, -0.2) is 45.6 Å². The van der Waals surface area contributed by atoms with E-state index in [0.717, 1.165) is 15.6 Å². The second-order valence-corrected chi connectivity index (χ2v) is 9.78. The van der Waals surface area contributed by atoms with Gasteiger partial charge in [0.25, 0.3) is 15.9 Å². The molecule has 0 spiro atoms. The Morgan fingerprint density at radius 1 is 1.12 bits per heavy atom. The third kappa shape index (κ3) is 6.04. The van der Waals surface area contributed by atoms with Crippen molar-refractivity contribution < 1.29 is 35.5 Å². The maximum Gasteiger partial charge on any atom is 0.406 e. The number of ether oxygens (including phenoxy) is 1. The Morgan fingerprint density at radius 2 is 1.84 bits per heavy atom. The first-order valence-electron chi connectivity index (χ1n) is 9.18. The summed E-state index contributed by atoms with van der Waals surface area (Å²) in [6, 6.07) is 11.9. The van der Waals surface area contributed by atoms with Gasteiger partial charge in [-0.05, 0) is 47.8 Å². The van der Waals surface area contributed by atoms with E-state index in [0.29, 0.717) is 10.6 Å². The Hall–Kier alpha value is -2.99. The Balaban J connectivity index is 1.63. The lowest BCUT2D eigenvalue weighted by molar-refractivity contribution is -0.164. The molecule has 7 nitrogen and oxygen atoms in total. The molecule has 1 aromatic carbocycles. The zero-order chi connectivity index (χ0) is 23.4. The van der Waals surface area contributed by atoms with Crippen LogP contribution in [0.4, 0.5) is 18.9 Å². The first kappa shape index (κ1) is 23.7. The van der Waals surface area contributed by atoms with E-state index in [2.05, 4.69) is 0 Å². The average Bonchev–Trinajstić information content (AvgIpc) is 3.45. The summed E-state index contributed by atoms with van der Waals surface area (Å²) in [5.74, 6) is -0.462. The van der Waals surface area contributed by atoms with Crippen molar-refractivity contribution in [3.05, 3.63) is 65.9 Å². The fourth-order valence-electron chi connectivity index (χ4n) is 2.71. The van der Waals surface area contributed by atoms with Gasteiger partial charge in [0.1, 0.15) is 22.3 Å². The van der Waals surface area contributed by atoms with Crippen molar-refractivity contribution in [3.63, 3.8) is 0 Å². The van der Waals surface area contributed by atoms with Crippen LogP contribution in [0.2, 0.25) is 0 Å². The molecule has 1 amide bonds. The smallest absolute Gasteiger partial charge is 0.406 e. The maximum absolute atomic E-state index is 12.9. The van der Waals surface area contributed by atoms with Crippen molar-refractivity contribution in [2.45, 2.75) is 16.9 Å². The molecule has 0 saturated heterocycles. The summed E-state index contributed by atoms with van der Waals surface area (Å²) in [4.78, 5) is 12.9. The summed E-state index contributed by atoms with van der Waals surface area (Å²) in [6.45, 7) is -2.42. The number of benzene rings is 1. The number of hydrogen-bond donors (Lipinski definition) is 0. The van der Waals surface area contributed by atoms with E-state index in [-0.39, 0.29) is 22.3 Å². The highest BCUT2D eigenvalue weighted by Crippen LogP contribution is 2.26. The fraction of sp³-hybridized carbons (Fsp3) is 0.250. The van der Waals surface area contributed by atoms with E-state index in [4.69, 9.17) is 9.15 Å². The Kier molecular flexibility index (Phi) is 7.14. The van der Waals surface area contributed by atoms with Crippen LogP contribution in [0.1, 0.15) is 5.76 Å². The van der Waals surface area contributed by atoms with Crippen LogP contribution in [0, 0.1) is 0 Å². The van der Waals surface area contributed by atoms with Crippen molar-refractivity contribution in [3.8, 4) is 5.75 Å². The number of furan rings is 1. The topological polar surface area (TPSA) is 80.1 Å². The van der Waals surface area contributed by atoms with Gasteiger partial charge in [-0.1, -0.05) is 6.07 Å². The lowest BCUT2D eigenvalue weighted by atomic mass is 10.3. The first-order valence-corrected chi connectivity index (χ1v) is 11.5. The molecule has 0 saturated carbocycles. The van der Waals surface area contributed by atoms with Crippen molar-refractivity contribution >= 4 is 33.0 Å². The normalized spacial score (nSPS) is 11.9. The first-order chi connectivity index (χ1) is 15.1. The second kappa shape index (κ2) is 9.65. The van der Waals surface area contributed by atoms with Gasteiger partial charge >= 0.3 is 6.18 Å². The molecule has 2 heterocycles. The highest BCUT2D eigenvalue weighted by molar-refractivity contribution is 7.94. The number of sulfonamides is 1.